The van der Waals surface area contributed by atoms with Crippen LogP contribution in [0, 0.1) is 0 Å². The molecule has 6 heteroatoms. The van der Waals surface area contributed by atoms with E-state index in [2.05, 4.69) is 43.4 Å². The predicted molar refractivity (Wildman–Crippen MR) is 91.1 cm³/mol. The molecule has 1 aliphatic rings. The lowest BCUT2D eigenvalue weighted by molar-refractivity contribution is 0.967. The molecule has 0 fully saturated rings. The minimum Gasteiger partial charge on any atom is -0.393 e. The third kappa shape index (κ3) is 2.44. The number of benzene rings is 1. The Balaban J connectivity index is 1.70. The van der Waals surface area contributed by atoms with Crippen molar-refractivity contribution in [2.24, 2.45) is 0 Å². The summed E-state index contributed by atoms with van der Waals surface area (Å²) in [5.74, 6) is 1.99. The van der Waals surface area contributed by atoms with Crippen LogP contribution in [0.3, 0.4) is 0 Å². The molecule has 0 atom stereocenters. The average molecular weight is 304 g/mol. The fourth-order valence-electron chi connectivity index (χ4n) is 2.82. The fraction of sp³-hybridized carbons (Fsp3) is 0.118. The van der Waals surface area contributed by atoms with Crippen LogP contribution < -0.4 is 16.0 Å². The number of nitrogens with one attached hydrogen (secondary N) is 1. The number of hydrogen-bond donors (Lipinski definition) is 2. The Morgan fingerprint density at radius 2 is 1.87 bits per heavy atom. The van der Waals surface area contributed by atoms with E-state index in [1.165, 1.54) is 11.9 Å². The number of nitrogen functional groups attached to an aromatic ring is 1. The van der Waals surface area contributed by atoms with Crippen molar-refractivity contribution in [2.45, 2.75) is 6.42 Å². The quantitative estimate of drug-likeness (QED) is 0.774. The van der Waals surface area contributed by atoms with Crippen molar-refractivity contribution in [3.8, 4) is 0 Å². The number of aromatic nitrogens is 3. The Morgan fingerprint density at radius 1 is 1.00 bits per heavy atom. The molecule has 6 nitrogen and oxygen atoms in total. The highest BCUT2D eigenvalue weighted by molar-refractivity contribution is 5.82. The second-order valence-corrected chi connectivity index (χ2v) is 5.33. The third-order valence-corrected chi connectivity index (χ3v) is 3.92. The number of anilines is 5. The Morgan fingerprint density at radius 3 is 2.74 bits per heavy atom. The Bertz CT molecular complexity index is 833. The standard InChI is InChI=1S/C17H16N6/c18-15-16(22-14-7-3-4-9-19-14)20-11-21-17(15)23-10-8-12-5-1-2-6-13(12)23/h1-7,9,11H,8,10,18H2,(H,19,20,21,22). The van der Waals surface area contributed by atoms with E-state index in [0.717, 1.165) is 24.5 Å². The molecule has 0 unspecified atom stereocenters. The molecular weight excluding hydrogens is 288 g/mol. The summed E-state index contributed by atoms with van der Waals surface area (Å²) in [7, 11) is 0. The van der Waals surface area contributed by atoms with E-state index in [-0.39, 0.29) is 0 Å². The molecule has 0 spiro atoms. The molecule has 0 bridgehead atoms. The van der Waals surface area contributed by atoms with Crippen molar-refractivity contribution in [1.29, 1.82) is 0 Å². The lowest BCUT2D eigenvalue weighted by Gasteiger charge is -2.21. The minimum absolute atomic E-state index is 0.523. The molecule has 1 aromatic carbocycles. The molecule has 0 radical (unpaired) electrons. The van der Waals surface area contributed by atoms with Gasteiger partial charge in [-0.15, -0.1) is 0 Å². The van der Waals surface area contributed by atoms with E-state index in [1.807, 2.05) is 24.3 Å². The highest BCUT2D eigenvalue weighted by Crippen LogP contribution is 2.37. The first-order valence-corrected chi connectivity index (χ1v) is 7.47. The number of hydrogen-bond acceptors (Lipinski definition) is 6. The Hall–Kier alpha value is -3.15. The lowest BCUT2D eigenvalue weighted by atomic mass is 10.2. The van der Waals surface area contributed by atoms with E-state index in [4.69, 9.17) is 5.73 Å². The van der Waals surface area contributed by atoms with Crippen LogP contribution in [0.5, 0.6) is 0 Å². The van der Waals surface area contributed by atoms with E-state index in [1.54, 1.807) is 6.20 Å². The van der Waals surface area contributed by atoms with Gasteiger partial charge in [0.15, 0.2) is 11.6 Å². The van der Waals surface area contributed by atoms with Crippen molar-refractivity contribution < 1.29 is 0 Å². The molecule has 4 rings (SSSR count). The summed E-state index contributed by atoms with van der Waals surface area (Å²) >= 11 is 0. The summed E-state index contributed by atoms with van der Waals surface area (Å²) in [6.45, 7) is 0.865. The zero-order valence-electron chi connectivity index (χ0n) is 12.5. The van der Waals surface area contributed by atoms with Gasteiger partial charge in [0.25, 0.3) is 0 Å². The van der Waals surface area contributed by atoms with Crippen LogP contribution in [-0.4, -0.2) is 21.5 Å². The van der Waals surface area contributed by atoms with Gasteiger partial charge in [-0.3, -0.25) is 0 Å². The molecule has 3 N–H and O–H groups in total. The van der Waals surface area contributed by atoms with Gasteiger partial charge in [0.2, 0.25) is 0 Å². The van der Waals surface area contributed by atoms with E-state index >= 15 is 0 Å². The second-order valence-electron chi connectivity index (χ2n) is 5.33. The van der Waals surface area contributed by atoms with Gasteiger partial charge in [-0.25, -0.2) is 15.0 Å². The number of fused-ring (bicyclic) bond motifs is 1. The molecule has 3 heterocycles. The number of para-hydroxylation sites is 1. The first kappa shape index (κ1) is 13.5. The van der Waals surface area contributed by atoms with Crippen molar-refractivity contribution >= 4 is 28.8 Å². The number of nitrogens with zero attached hydrogens (tertiary/aromatic N) is 4. The largest absolute Gasteiger partial charge is 0.393 e. The summed E-state index contributed by atoms with van der Waals surface area (Å²) in [4.78, 5) is 15.0. The maximum absolute atomic E-state index is 6.31. The van der Waals surface area contributed by atoms with Crippen LogP contribution in [0.25, 0.3) is 0 Å². The van der Waals surface area contributed by atoms with E-state index in [9.17, 15) is 0 Å². The Kier molecular flexibility index (Phi) is 3.27. The normalized spacial score (nSPS) is 13.0. The Labute approximate surface area is 134 Å². The topological polar surface area (TPSA) is 80.0 Å². The van der Waals surface area contributed by atoms with Gasteiger partial charge < -0.3 is 16.0 Å². The summed E-state index contributed by atoms with van der Waals surface area (Å²) in [6.07, 6.45) is 4.23. The average Bonchev–Trinajstić information content (AvgIpc) is 3.02. The zero-order chi connectivity index (χ0) is 15.6. The van der Waals surface area contributed by atoms with Crippen LogP contribution in [0.2, 0.25) is 0 Å². The first-order valence-electron chi connectivity index (χ1n) is 7.47. The molecular formula is C17H16N6. The van der Waals surface area contributed by atoms with Gasteiger partial charge in [-0.2, -0.15) is 0 Å². The van der Waals surface area contributed by atoms with E-state index in [0.29, 0.717) is 17.3 Å². The maximum Gasteiger partial charge on any atom is 0.161 e. The molecule has 23 heavy (non-hydrogen) atoms. The van der Waals surface area contributed by atoms with Gasteiger partial charge in [0.05, 0.1) is 0 Å². The summed E-state index contributed by atoms with van der Waals surface area (Å²) < 4.78 is 0. The van der Waals surface area contributed by atoms with Crippen LogP contribution in [0.4, 0.5) is 28.8 Å². The molecule has 0 aliphatic carbocycles. The van der Waals surface area contributed by atoms with Gasteiger partial charge in [0, 0.05) is 18.4 Å². The molecule has 1 aliphatic heterocycles. The maximum atomic E-state index is 6.31. The number of rotatable bonds is 3. The van der Waals surface area contributed by atoms with Crippen molar-refractivity contribution in [3.63, 3.8) is 0 Å². The summed E-state index contributed by atoms with van der Waals surface area (Å²) in [6, 6.07) is 14.0. The van der Waals surface area contributed by atoms with Gasteiger partial charge in [0.1, 0.15) is 17.8 Å². The van der Waals surface area contributed by atoms with Gasteiger partial charge >= 0.3 is 0 Å². The molecule has 114 valence electrons. The SMILES string of the molecule is Nc1c(Nc2ccccn2)ncnc1N1CCc2ccccc21. The predicted octanol–water partition coefficient (Wildman–Crippen LogP) is 2.89. The first-order chi connectivity index (χ1) is 11.3. The second kappa shape index (κ2) is 5.57. The minimum atomic E-state index is 0.523. The van der Waals surface area contributed by atoms with Crippen LogP contribution in [0.1, 0.15) is 5.56 Å². The molecule has 2 aromatic heterocycles. The molecule has 3 aromatic rings. The zero-order valence-corrected chi connectivity index (χ0v) is 12.5. The highest BCUT2D eigenvalue weighted by atomic mass is 15.2. The lowest BCUT2D eigenvalue weighted by Crippen LogP contribution is -2.17. The van der Waals surface area contributed by atoms with Crippen molar-refractivity contribution in [3.05, 3.63) is 60.6 Å². The molecule has 0 amide bonds. The van der Waals surface area contributed by atoms with Crippen LogP contribution >= 0.6 is 0 Å². The van der Waals surface area contributed by atoms with Crippen molar-refractivity contribution in [2.75, 3.05) is 22.5 Å². The number of nitrogens with two attached hydrogens (primary N) is 1. The third-order valence-electron chi connectivity index (χ3n) is 3.92. The number of pyridine rings is 1. The fourth-order valence-corrected chi connectivity index (χ4v) is 2.82. The van der Waals surface area contributed by atoms with Gasteiger partial charge in [-0.1, -0.05) is 24.3 Å². The van der Waals surface area contributed by atoms with Crippen LogP contribution in [-0.2, 0) is 6.42 Å². The molecule has 0 saturated heterocycles. The smallest absolute Gasteiger partial charge is 0.161 e. The molecule has 0 saturated carbocycles. The summed E-state index contributed by atoms with van der Waals surface area (Å²) in [5, 5.41) is 3.15. The monoisotopic (exact) mass is 304 g/mol. The van der Waals surface area contributed by atoms with Crippen molar-refractivity contribution in [1.82, 2.24) is 15.0 Å². The van der Waals surface area contributed by atoms with E-state index < -0.39 is 0 Å². The van der Waals surface area contributed by atoms with Gasteiger partial charge in [-0.05, 0) is 30.2 Å². The van der Waals surface area contributed by atoms with Crippen LogP contribution in [0.15, 0.2) is 55.0 Å². The highest BCUT2D eigenvalue weighted by Gasteiger charge is 2.23. The summed E-state index contributed by atoms with van der Waals surface area (Å²) in [5.41, 5.74) is 9.30.